The largest absolute Gasteiger partial charge is 0.291 e. The Kier molecular flexibility index (Phi) is 3.89. The quantitative estimate of drug-likeness (QED) is 0.561. The second-order valence-electron chi connectivity index (χ2n) is 4.56. The summed E-state index contributed by atoms with van der Waals surface area (Å²) in [6.07, 6.45) is 1.12. The fourth-order valence-corrected chi connectivity index (χ4v) is 1.61. The van der Waals surface area contributed by atoms with Crippen LogP contribution in [0.15, 0.2) is 24.3 Å². The number of rotatable bonds is 4. The van der Waals surface area contributed by atoms with Gasteiger partial charge in [0.05, 0.1) is 5.92 Å². The van der Waals surface area contributed by atoms with Gasteiger partial charge in [-0.15, -0.1) is 0 Å². The summed E-state index contributed by atoms with van der Waals surface area (Å²) in [7, 11) is 0. The number of hydrogen-bond acceptors (Lipinski definition) is 0. The molecule has 1 aromatic rings. The molecule has 1 rings (SSSR count). The molecule has 0 aliphatic heterocycles. The maximum Gasteiger partial charge on any atom is 0.245 e. The smallest absolute Gasteiger partial charge is 0.245 e. The van der Waals surface area contributed by atoms with Gasteiger partial charge in [0.15, 0.2) is 0 Å². The van der Waals surface area contributed by atoms with Crippen LogP contribution in [0.1, 0.15) is 37.8 Å². The van der Waals surface area contributed by atoms with Crippen molar-refractivity contribution in [3.05, 3.63) is 35.4 Å². The Morgan fingerprint density at radius 1 is 1.20 bits per heavy atom. The fourth-order valence-electron chi connectivity index (χ4n) is 1.61. The molecule has 0 saturated heterocycles. The third-order valence-corrected chi connectivity index (χ3v) is 2.62. The number of hydrogen-bond donors (Lipinski definition) is 2. The lowest BCUT2D eigenvalue weighted by Gasteiger charge is -2.09. The zero-order valence-electron chi connectivity index (χ0n) is 9.83. The van der Waals surface area contributed by atoms with E-state index >= 15 is 0 Å². The second kappa shape index (κ2) is 4.96. The van der Waals surface area contributed by atoms with E-state index < -0.39 is 0 Å². The maximum atomic E-state index is 5.58. The molecule has 0 aliphatic carbocycles. The fraction of sp³-hybridized carbons (Fsp3) is 0.462. The predicted octanol–water partition coefficient (Wildman–Crippen LogP) is 1.10. The van der Waals surface area contributed by atoms with Crippen LogP contribution in [0.4, 0.5) is 0 Å². The van der Waals surface area contributed by atoms with Crippen molar-refractivity contribution in [2.45, 2.75) is 33.1 Å². The van der Waals surface area contributed by atoms with Gasteiger partial charge in [-0.1, -0.05) is 38.1 Å². The summed E-state index contributed by atoms with van der Waals surface area (Å²) < 4.78 is 0. The lowest BCUT2D eigenvalue weighted by atomic mass is 9.96. The molecular formula is C13H21N2+. The summed E-state index contributed by atoms with van der Waals surface area (Å²) in [4.78, 5) is 0. The molecule has 1 aromatic carbocycles. The van der Waals surface area contributed by atoms with Gasteiger partial charge < -0.3 is 0 Å². The molecule has 0 saturated carbocycles. The van der Waals surface area contributed by atoms with Gasteiger partial charge in [-0.2, -0.15) is 0 Å². The zero-order valence-corrected chi connectivity index (χ0v) is 9.83. The molecule has 4 N–H and O–H groups in total. The third kappa shape index (κ3) is 3.39. The second-order valence-corrected chi connectivity index (χ2v) is 4.56. The van der Waals surface area contributed by atoms with Crippen molar-refractivity contribution in [1.29, 1.82) is 0 Å². The zero-order chi connectivity index (χ0) is 11.4. The first-order valence-electron chi connectivity index (χ1n) is 5.47. The summed E-state index contributed by atoms with van der Waals surface area (Å²) in [5.74, 6) is 1.31. The molecule has 0 radical (unpaired) electrons. The van der Waals surface area contributed by atoms with Gasteiger partial charge in [0.25, 0.3) is 0 Å². The van der Waals surface area contributed by atoms with E-state index in [2.05, 4.69) is 38.1 Å². The molecule has 1 atom stereocenters. The first-order chi connectivity index (χ1) is 7.00. The third-order valence-electron chi connectivity index (χ3n) is 2.62. The standard InChI is InChI=1S/C13H20N2/c1-9(2)8-11-4-6-12(7-5-11)10(3)13(14)15/h4-7,9-10H,8H2,1-3H3,(H3,14,15)/p+1/t10-/m0/s1. The predicted molar refractivity (Wildman–Crippen MR) is 64.5 cm³/mol. The Bertz CT molecular complexity index is 325. The van der Waals surface area contributed by atoms with E-state index in [0.29, 0.717) is 11.8 Å². The van der Waals surface area contributed by atoms with Gasteiger partial charge in [0.1, 0.15) is 0 Å². The van der Waals surface area contributed by atoms with E-state index in [9.17, 15) is 0 Å². The Morgan fingerprint density at radius 3 is 2.13 bits per heavy atom. The summed E-state index contributed by atoms with van der Waals surface area (Å²) in [5, 5.41) is 5.58. The van der Waals surface area contributed by atoms with Crippen molar-refractivity contribution in [2.24, 2.45) is 11.7 Å². The van der Waals surface area contributed by atoms with Crippen molar-refractivity contribution in [3.63, 3.8) is 0 Å². The van der Waals surface area contributed by atoms with Crippen LogP contribution in [0, 0.1) is 5.92 Å². The average molecular weight is 205 g/mol. The minimum absolute atomic E-state index is 0.137. The number of nitrogens with two attached hydrogens (primary N) is 2. The van der Waals surface area contributed by atoms with Crippen LogP contribution in [0.3, 0.4) is 0 Å². The first-order valence-corrected chi connectivity index (χ1v) is 5.47. The normalized spacial score (nSPS) is 12.8. The van der Waals surface area contributed by atoms with E-state index in [4.69, 9.17) is 11.1 Å². The topological polar surface area (TPSA) is 51.6 Å². The van der Waals surface area contributed by atoms with Crippen molar-refractivity contribution in [3.8, 4) is 0 Å². The molecule has 82 valence electrons. The van der Waals surface area contributed by atoms with Gasteiger partial charge in [0.2, 0.25) is 5.84 Å². The summed E-state index contributed by atoms with van der Waals surface area (Å²) in [6.45, 7) is 6.47. The molecule has 0 aliphatic rings. The average Bonchev–Trinajstić information content (AvgIpc) is 2.17. The molecule has 0 amide bonds. The molecule has 2 heteroatoms. The van der Waals surface area contributed by atoms with E-state index in [1.807, 2.05) is 6.92 Å². The van der Waals surface area contributed by atoms with E-state index in [1.54, 1.807) is 0 Å². The summed E-state index contributed by atoms with van der Waals surface area (Å²) in [6, 6.07) is 8.55. The molecule has 2 nitrogen and oxygen atoms in total. The van der Waals surface area contributed by atoms with Crippen molar-refractivity contribution >= 4 is 5.84 Å². The number of benzene rings is 1. The highest BCUT2D eigenvalue weighted by atomic mass is 14.7. The molecule has 0 unspecified atom stereocenters. The lowest BCUT2D eigenvalue weighted by molar-refractivity contribution is -0.119. The number of amidine groups is 1. The van der Waals surface area contributed by atoms with Gasteiger partial charge >= 0.3 is 0 Å². The van der Waals surface area contributed by atoms with Crippen LogP contribution in [-0.2, 0) is 6.42 Å². The summed E-state index contributed by atoms with van der Waals surface area (Å²) >= 11 is 0. The molecule has 0 bridgehead atoms. The van der Waals surface area contributed by atoms with Crippen molar-refractivity contribution < 1.29 is 5.41 Å². The highest BCUT2D eigenvalue weighted by molar-refractivity contribution is 5.81. The van der Waals surface area contributed by atoms with Gasteiger partial charge in [-0.25, -0.2) is 0 Å². The Labute approximate surface area is 92.0 Å². The van der Waals surface area contributed by atoms with Crippen LogP contribution < -0.4 is 11.1 Å². The highest BCUT2D eigenvalue weighted by Gasteiger charge is 2.12. The van der Waals surface area contributed by atoms with E-state index in [0.717, 1.165) is 6.42 Å². The van der Waals surface area contributed by atoms with Crippen molar-refractivity contribution in [2.75, 3.05) is 0 Å². The Balaban J connectivity index is 2.76. The SMILES string of the molecule is CC(C)Cc1ccc([C@H](C)C(N)=[NH2+])cc1. The Hall–Kier alpha value is -1.31. The maximum absolute atomic E-state index is 5.58. The summed E-state index contributed by atoms with van der Waals surface area (Å²) in [5.41, 5.74) is 8.14. The monoisotopic (exact) mass is 205 g/mol. The van der Waals surface area contributed by atoms with Crippen LogP contribution >= 0.6 is 0 Å². The van der Waals surface area contributed by atoms with Gasteiger partial charge in [0, 0.05) is 0 Å². The van der Waals surface area contributed by atoms with Crippen LogP contribution in [0.2, 0.25) is 0 Å². The van der Waals surface area contributed by atoms with Gasteiger partial charge in [-0.05, 0) is 30.4 Å². The first kappa shape index (κ1) is 11.8. The molecule has 0 heterocycles. The molecular weight excluding hydrogens is 184 g/mol. The van der Waals surface area contributed by atoms with Crippen molar-refractivity contribution in [1.82, 2.24) is 0 Å². The minimum atomic E-state index is 0.137. The Morgan fingerprint density at radius 2 is 1.73 bits per heavy atom. The van der Waals surface area contributed by atoms with Gasteiger partial charge in [-0.3, -0.25) is 11.1 Å². The highest BCUT2D eigenvalue weighted by Crippen LogP contribution is 2.16. The van der Waals surface area contributed by atoms with Crippen LogP contribution in [0.25, 0.3) is 0 Å². The van der Waals surface area contributed by atoms with Crippen LogP contribution in [-0.4, -0.2) is 5.84 Å². The van der Waals surface area contributed by atoms with E-state index in [1.165, 1.54) is 11.1 Å². The molecule has 15 heavy (non-hydrogen) atoms. The molecule has 0 fully saturated rings. The van der Waals surface area contributed by atoms with Crippen LogP contribution in [0.5, 0.6) is 0 Å². The molecule has 0 spiro atoms. The van der Waals surface area contributed by atoms with E-state index in [-0.39, 0.29) is 5.92 Å². The molecule has 0 aromatic heterocycles. The minimum Gasteiger partial charge on any atom is -0.291 e. The lowest BCUT2D eigenvalue weighted by Crippen LogP contribution is -2.48.